The molecule has 0 atom stereocenters. The van der Waals surface area contributed by atoms with Crippen molar-refractivity contribution in [1.82, 2.24) is 0 Å². The molecule has 6 nitrogen and oxygen atoms in total. The Morgan fingerprint density at radius 2 is 1.88 bits per heavy atom. The monoisotopic (exact) mass is 346 g/mol. The maximum atomic E-state index is 12.7. The van der Waals surface area contributed by atoms with Gasteiger partial charge in [-0.1, -0.05) is 12.1 Å². The van der Waals surface area contributed by atoms with E-state index in [0.29, 0.717) is 17.1 Å². The zero-order chi connectivity index (χ0) is 17.5. The van der Waals surface area contributed by atoms with Crippen molar-refractivity contribution in [2.45, 2.75) is 18.7 Å². The third kappa shape index (κ3) is 2.82. The van der Waals surface area contributed by atoms with E-state index in [1.807, 2.05) is 13.8 Å². The average molecular weight is 346 g/mol. The van der Waals surface area contributed by atoms with Crippen LogP contribution in [-0.2, 0) is 14.8 Å². The fraction of sp³-hybridized carbons (Fsp3) is 0.235. The van der Waals surface area contributed by atoms with Crippen LogP contribution in [0.2, 0.25) is 0 Å². The van der Waals surface area contributed by atoms with Gasteiger partial charge in [-0.25, -0.2) is 8.42 Å². The van der Waals surface area contributed by atoms with Crippen LogP contribution in [0.15, 0.2) is 41.3 Å². The Morgan fingerprint density at radius 3 is 2.58 bits per heavy atom. The highest BCUT2D eigenvalue weighted by molar-refractivity contribution is 7.92. The number of nitrogens with zero attached hydrogens (tertiary/aromatic N) is 1. The molecule has 126 valence electrons. The Bertz CT molecular complexity index is 922. The van der Waals surface area contributed by atoms with Crippen LogP contribution in [0.25, 0.3) is 0 Å². The highest BCUT2D eigenvalue weighted by Crippen LogP contribution is 2.38. The van der Waals surface area contributed by atoms with Gasteiger partial charge in [0.15, 0.2) is 6.61 Å². The summed E-state index contributed by atoms with van der Waals surface area (Å²) < 4.78 is 33.3. The molecular formula is C17H18N2O4S. The Kier molecular flexibility index (Phi) is 3.96. The number of anilines is 2. The number of nitrogens with one attached hydrogen (secondary N) is 1. The van der Waals surface area contributed by atoms with Crippen LogP contribution < -0.4 is 14.4 Å². The van der Waals surface area contributed by atoms with E-state index >= 15 is 0 Å². The number of hydrogen-bond donors (Lipinski definition) is 1. The lowest BCUT2D eigenvalue weighted by atomic mass is 10.1. The fourth-order valence-corrected chi connectivity index (χ4v) is 3.66. The number of ether oxygens (including phenoxy) is 1. The lowest BCUT2D eigenvalue weighted by molar-refractivity contribution is -0.120. The molecule has 1 amide bonds. The molecule has 24 heavy (non-hydrogen) atoms. The molecule has 7 heteroatoms. The van der Waals surface area contributed by atoms with E-state index in [9.17, 15) is 13.2 Å². The summed E-state index contributed by atoms with van der Waals surface area (Å²) in [6.45, 7) is 3.72. The van der Waals surface area contributed by atoms with Crippen LogP contribution in [0, 0.1) is 13.8 Å². The molecule has 0 aromatic heterocycles. The Hall–Kier alpha value is -2.54. The van der Waals surface area contributed by atoms with E-state index in [1.165, 1.54) is 4.90 Å². The topological polar surface area (TPSA) is 75.7 Å². The number of para-hydroxylation sites is 1. The third-order valence-electron chi connectivity index (χ3n) is 4.09. The summed E-state index contributed by atoms with van der Waals surface area (Å²) >= 11 is 0. The van der Waals surface area contributed by atoms with E-state index in [0.717, 1.165) is 11.1 Å². The summed E-state index contributed by atoms with van der Waals surface area (Å²) in [6, 6.07) is 9.94. The number of benzene rings is 2. The normalized spacial score (nSPS) is 14.1. The number of likely N-dealkylation sites (N-methyl/N-ethyl adjacent to an activating group) is 1. The molecule has 1 heterocycles. The van der Waals surface area contributed by atoms with Crippen molar-refractivity contribution in [3.63, 3.8) is 0 Å². The largest absolute Gasteiger partial charge is 0.481 e. The van der Waals surface area contributed by atoms with E-state index in [4.69, 9.17) is 4.74 Å². The van der Waals surface area contributed by atoms with Gasteiger partial charge in [-0.05, 0) is 49.2 Å². The van der Waals surface area contributed by atoms with Crippen LogP contribution in [0.3, 0.4) is 0 Å². The minimum atomic E-state index is -3.77. The number of amides is 1. The van der Waals surface area contributed by atoms with Gasteiger partial charge in [0.25, 0.3) is 15.9 Å². The zero-order valence-electron chi connectivity index (χ0n) is 13.7. The van der Waals surface area contributed by atoms with Crippen LogP contribution in [0.4, 0.5) is 11.4 Å². The second-order valence-electron chi connectivity index (χ2n) is 5.75. The molecule has 2 aromatic rings. The molecule has 1 N–H and O–H groups in total. The minimum absolute atomic E-state index is 0.0587. The molecule has 1 aliphatic rings. The SMILES string of the molecule is Cc1ccc(S(=O)(=O)Nc2cccc3c2N(C)C(=O)CO3)cc1C. The molecule has 0 bridgehead atoms. The Balaban J connectivity index is 2.02. The van der Waals surface area contributed by atoms with E-state index in [1.54, 1.807) is 43.4 Å². The van der Waals surface area contributed by atoms with E-state index in [2.05, 4.69) is 4.72 Å². The van der Waals surface area contributed by atoms with Gasteiger partial charge in [-0.3, -0.25) is 9.52 Å². The summed E-state index contributed by atoms with van der Waals surface area (Å²) in [5, 5.41) is 0. The standard InChI is InChI=1S/C17H18N2O4S/c1-11-7-8-13(9-12(11)2)24(21,22)18-14-5-4-6-15-17(14)19(3)16(20)10-23-15/h4-9,18H,10H2,1-3H3. The fourth-order valence-electron chi connectivity index (χ4n) is 2.51. The first kappa shape index (κ1) is 16.3. The van der Waals surface area contributed by atoms with Crippen LogP contribution in [0.1, 0.15) is 11.1 Å². The maximum Gasteiger partial charge on any atom is 0.264 e. The molecule has 2 aromatic carbocycles. The van der Waals surface area contributed by atoms with Crippen molar-refractivity contribution in [1.29, 1.82) is 0 Å². The number of fused-ring (bicyclic) bond motifs is 1. The highest BCUT2D eigenvalue weighted by atomic mass is 32.2. The lowest BCUT2D eigenvalue weighted by Crippen LogP contribution is -2.36. The molecule has 0 fully saturated rings. The smallest absolute Gasteiger partial charge is 0.264 e. The van der Waals surface area contributed by atoms with Gasteiger partial charge in [0.1, 0.15) is 11.4 Å². The van der Waals surface area contributed by atoms with Crippen LogP contribution >= 0.6 is 0 Å². The second kappa shape index (κ2) is 5.83. The quantitative estimate of drug-likeness (QED) is 0.926. The summed E-state index contributed by atoms with van der Waals surface area (Å²) in [5.74, 6) is 0.234. The first-order valence-corrected chi connectivity index (χ1v) is 8.90. The number of rotatable bonds is 3. The van der Waals surface area contributed by atoms with Gasteiger partial charge in [0, 0.05) is 7.05 Å². The van der Waals surface area contributed by atoms with Crippen molar-refractivity contribution < 1.29 is 17.9 Å². The zero-order valence-corrected chi connectivity index (χ0v) is 14.5. The Labute approximate surface area is 141 Å². The molecule has 0 saturated heterocycles. The molecule has 0 spiro atoms. The number of carbonyl (C=O) groups is 1. The van der Waals surface area contributed by atoms with E-state index < -0.39 is 10.0 Å². The Morgan fingerprint density at radius 1 is 1.12 bits per heavy atom. The van der Waals surface area contributed by atoms with Gasteiger partial charge in [0.05, 0.1) is 10.6 Å². The minimum Gasteiger partial charge on any atom is -0.481 e. The molecule has 0 unspecified atom stereocenters. The first-order chi connectivity index (χ1) is 11.3. The highest BCUT2D eigenvalue weighted by Gasteiger charge is 2.27. The molecule has 0 saturated carbocycles. The summed E-state index contributed by atoms with van der Waals surface area (Å²) in [6.07, 6.45) is 0. The molecule has 3 rings (SSSR count). The number of carbonyl (C=O) groups excluding carboxylic acids is 1. The van der Waals surface area contributed by atoms with Crippen molar-refractivity contribution in [3.05, 3.63) is 47.5 Å². The van der Waals surface area contributed by atoms with Crippen LogP contribution in [-0.4, -0.2) is 28.0 Å². The predicted molar refractivity (Wildman–Crippen MR) is 92.1 cm³/mol. The van der Waals surface area contributed by atoms with Gasteiger partial charge < -0.3 is 9.64 Å². The van der Waals surface area contributed by atoms with Crippen molar-refractivity contribution in [2.75, 3.05) is 23.3 Å². The predicted octanol–water partition coefficient (Wildman–Crippen LogP) is 2.46. The average Bonchev–Trinajstić information content (AvgIpc) is 2.53. The van der Waals surface area contributed by atoms with Crippen molar-refractivity contribution in [2.24, 2.45) is 0 Å². The molecule has 0 aliphatic carbocycles. The maximum absolute atomic E-state index is 12.7. The van der Waals surface area contributed by atoms with Crippen molar-refractivity contribution in [3.8, 4) is 5.75 Å². The first-order valence-electron chi connectivity index (χ1n) is 7.42. The molecular weight excluding hydrogens is 328 g/mol. The number of aryl methyl sites for hydroxylation is 2. The third-order valence-corrected chi connectivity index (χ3v) is 5.46. The van der Waals surface area contributed by atoms with Gasteiger partial charge in [-0.15, -0.1) is 0 Å². The number of sulfonamides is 1. The van der Waals surface area contributed by atoms with Crippen molar-refractivity contribution >= 4 is 27.3 Å². The van der Waals surface area contributed by atoms with Gasteiger partial charge >= 0.3 is 0 Å². The van der Waals surface area contributed by atoms with E-state index in [-0.39, 0.29) is 17.4 Å². The lowest BCUT2D eigenvalue weighted by Gasteiger charge is -2.28. The number of hydrogen-bond acceptors (Lipinski definition) is 4. The molecule has 1 aliphatic heterocycles. The van der Waals surface area contributed by atoms with Crippen LogP contribution in [0.5, 0.6) is 5.75 Å². The molecule has 0 radical (unpaired) electrons. The van der Waals surface area contributed by atoms with Gasteiger partial charge in [-0.2, -0.15) is 0 Å². The van der Waals surface area contributed by atoms with Gasteiger partial charge in [0.2, 0.25) is 0 Å². The summed E-state index contributed by atoms with van der Waals surface area (Å²) in [5.41, 5.74) is 2.64. The second-order valence-corrected chi connectivity index (χ2v) is 7.43. The summed E-state index contributed by atoms with van der Waals surface area (Å²) in [4.78, 5) is 13.4. The summed E-state index contributed by atoms with van der Waals surface area (Å²) in [7, 11) is -2.18.